The predicted molar refractivity (Wildman–Crippen MR) is 71.3 cm³/mol. The standard InChI is InChI=1S/C14H25N3O/c18-14(11-16-7-2-5-15-6-8-16)17-9-12-3-1-4-13(12)10-17/h12-13,15H,1-11H2. The van der Waals surface area contributed by atoms with Crippen LogP contribution >= 0.6 is 0 Å². The second-order valence-electron chi connectivity index (χ2n) is 6.13. The zero-order valence-corrected chi connectivity index (χ0v) is 11.2. The van der Waals surface area contributed by atoms with Crippen molar-refractivity contribution >= 4 is 5.91 Å². The topological polar surface area (TPSA) is 35.6 Å². The Morgan fingerprint density at radius 2 is 1.83 bits per heavy atom. The smallest absolute Gasteiger partial charge is 0.236 e. The van der Waals surface area contributed by atoms with Crippen LogP contribution < -0.4 is 5.32 Å². The molecule has 0 aromatic rings. The van der Waals surface area contributed by atoms with Crippen LogP contribution in [0.4, 0.5) is 0 Å². The highest BCUT2D eigenvalue weighted by atomic mass is 16.2. The lowest BCUT2D eigenvalue weighted by atomic mass is 10.0. The van der Waals surface area contributed by atoms with Gasteiger partial charge in [-0.1, -0.05) is 6.42 Å². The van der Waals surface area contributed by atoms with Gasteiger partial charge in [-0.15, -0.1) is 0 Å². The molecule has 4 nitrogen and oxygen atoms in total. The van der Waals surface area contributed by atoms with Crippen LogP contribution in [0.2, 0.25) is 0 Å². The van der Waals surface area contributed by atoms with Crippen molar-refractivity contribution in [1.82, 2.24) is 15.1 Å². The van der Waals surface area contributed by atoms with Crippen LogP contribution in [0.5, 0.6) is 0 Å². The minimum Gasteiger partial charge on any atom is -0.341 e. The van der Waals surface area contributed by atoms with E-state index in [-0.39, 0.29) is 0 Å². The average Bonchev–Trinajstić information content (AvgIpc) is 2.85. The van der Waals surface area contributed by atoms with Gasteiger partial charge >= 0.3 is 0 Å². The molecule has 3 fully saturated rings. The van der Waals surface area contributed by atoms with E-state index in [1.54, 1.807) is 0 Å². The fraction of sp³-hybridized carbons (Fsp3) is 0.929. The third kappa shape index (κ3) is 2.69. The first-order valence-corrected chi connectivity index (χ1v) is 7.54. The largest absolute Gasteiger partial charge is 0.341 e. The van der Waals surface area contributed by atoms with Gasteiger partial charge in [-0.3, -0.25) is 9.69 Å². The fourth-order valence-electron chi connectivity index (χ4n) is 3.79. The normalized spacial score (nSPS) is 33.4. The second kappa shape index (κ2) is 5.57. The molecule has 2 atom stereocenters. The maximum Gasteiger partial charge on any atom is 0.236 e. The first kappa shape index (κ1) is 12.4. The molecule has 0 aromatic carbocycles. The van der Waals surface area contributed by atoms with Crippen molar-refractivity contribution in [2.45, 2.75) is 25.7 Å². The number of amides is 1. The number of nitrogens with one attached hydrogen (secondary N) is 1. The van der Waals surface area contributed by atoms with Gasteiger partial charge in [0.2, 0.25) is 5.91 Å². The Labute approximate surface area is 110 Å². The molecule has 1 saturated carbocycles. The molecule has 102 valence electrons. The van der Waals surface area contributed by atoms with Gasteiger partial charge in [0, 0.05) is 26.2 Å². The summed E-state index contributed by atoms with van der Waals surface area (Å²) in [6.07, 6.45) is 5.25. The lowest BCUT2D eigenvalue weighted by Gasteiger charge is -2.23. The second-order valence-corrected chi connectivity index (χ2v) is 6.13. The monoisotopic (exact) mass is 251 g/mol. The number of hydrogen-bond donors (Lipinski definition) is 1. The van der Waals surface area contributed by atoms with E-state index in [0.717, 1.165) is 51.1 Å². The molecule has 1 N–H and O–H groups in total. The van der Waals surface area contributed by atoms with Crippen molar-refractivity contribution < 1.29 is 4.79 Å². The van der Waals surface area contributed by atoms with E-state index in [0.29, 0.717) is 12.5 Å². The molecule has 2 saturated heterocycles. The minimum atomic E-state index is 0.367. The molecule has 3 rings (SSSR count). The summed E-state index contributed by atoms with van der Waals surface area (Å²) in [7, 11) is 0. The molecule has 1 aliphatic carbocycles. The summed E-state index contributed by atoms with van der Waals surface area (Å²) >= 11 is 0. The number of nitrogens with zero attached hydrogens (tertiary/aromatic N) is 2. The Kier molecular flexibility index (Phi) is 3.85. The molecule has 2 unspecified atom stereocenters. The van der Waals surface area contributed by atoms with Gasteiger partial charge in [0.05, 0.1) is 6.54 Å². The van der Waals surface area contributed by atoms with Crippen LogP contribution in [0, 0.1) is 11.8 Å². The van der Waals surface area contributed by atoms with Crippen molar-refractivity contribution in [3.63, 3.8) is 0 Å². The van der Waals surface area contributed by atoms with E-state index in [2.05, 4.69) is 15.1 Å². The third-order valence-corrected chi connectivity index (χ3v) is 4.87. The number of likely N-dealkylation sites (tertiary alicyclic amines) is 1. The summed E-state index contributed by atoms with van der Waals surface area (Å²) in [5, 5.41) is 3.39. The predicted octanol–water partition coefficient (Wildman–Crippen LogP) is 0.540. The van der Waals surface area contributed by atoms with E-state index < -0.39 is 0 Å². The van der Waals surface area contributed by atoms with Gasteiger partial charge in [-0.25, -0.2) is 0 Å². The van der Waals surface area contributed by atoms with Crippen molar-refractivity contribution in [3.8, 4) is 0 Å². The molecular formula is C14H25N3O. The van der Waals surface area contributed by atoms with Crippen LogP contribution in [-0.2, 0) is 4.79 Å². The van der Waals surface area contributed by atoms with Gasteiger partial charge in [0.1, 0.15) is 0 Å². The SMILES string of the molecule is O=C(CN1CCCNCC1)N1CC2CCCC2C1. The van der Waals surface area contributed by atoms with E-state index in [9.17, 15) is 4.79 Å². The summed E-state index contributed by atoms with van der Waals surface area (Å²) in [6, 6.07) is 0. The number of fused-ring (bicyclic) bond motifs is 1. The highest BCUT2D eigenvalue weighted by Crippen LogP contribution is 2.37. The van der Waals surface area contributed by atoms with Crippen LogP contribution in [0.1, 0.15) is 25.7 Å². The number of carbonyl (C=O) groups is 1. The Bertz CT molecular complexity index is 287. The summed E-state index contributed by atoms with van der Waals surface area (Å²) in [5.41, 5.74) is 0. The zero-order valence-electron chi connectivity index (χ0n) is 11.2. The molecule has 4 heteroatoms. The Morgan fingerprint density at radius 3 is 2.61 bits per heavy atom. The summed E-state index contributed by atoms with van der Waals surface area (Å²) in [5.74, 6) is 2.01. The van der Waals surface area contributed by atoms with Crippen molar-refractivity contribution in [1.29, 1.82) is 0 Å². The molecular weight excluding hydrogens is 226 g/mol. The quantitative estimate of drug-likeness (QED) is 0.778. The van der Waals surface area contributed by atoms with Crippen LogP contribution in [0.3, 0.4) is 0 Å². The number of carbonyl (C=O) groups excluding carboxylic acids is 1. The lowest BCUT2D eigenvalue weighted by Crippen LogP contribution is -2.41. The highest BCUT2D eigenvalue weighted by molar-refractivity contribution is 5.78. The number of hydrogen-bond acceptors (Lipinski definition) is 3. The van der Waals surface area contributed by atoms with Crippen LogP contribution in [0.15, 0.2) is 0 Å². The van der Waals surface area contributed by atoms with E-state index in [1.807, 2.05) is 0 Å². The average molecular weight is 251 g/mol. The van der Waals surface area contributed by atoms with Crippen LogP contribution in [0.25, 0.3) is 0 Å². The molecule has 2 heterocycles. The molecule has 0 bridgehead atoms. The fourth-order valence-corrected chi connectivity index (χ4v) is 3.79. The maximum absolute atomic E-state index is 12.3. The minimum absolute atomic E-state index is 0.367. The molecule has 2 aliphatic heterocycles. The van der Waals surface area contributed by atoms with Crippen molar-refractivity contribution in [2.75, 3.05) is 45.8 Å². The lowest BCUT2D eigenvalue weighted by molar-refractivity contribution is -0.131. The Balaban J connectivity index is 1.49. The van der Waals surface area contributed by atoms with E-state index >= 15 is 0 Å². The molecule has 18 heavy (non-hydrogen) atoms. The first-order valence-electron chi connectivity index (χ1n) is 7.54. The van der Waals surface area contributed by atoms with Crippen molar-refractivity contribution in [3.05, 3.63) is 0 Å². The third-order valence-electron chi connectivity index (χ3n) is 4.87. The van der Waals surface area contributed by atoms with Gasteiger partial charge in [0.15, 0.2) is 0 Å². The summed E-state index contributed by atoms with van der Waals surface area (Å²) in [6.45, 7) is 6.93. The highest BCUT2D eigenvalue weighted by Gasteiger charge is 2.38. The summed E-state index contributed by atoms with van der Waals surface area (Å²) in [4.78, 5) is 16.8. The molecule has 0 radical (unpaired) electrons. The summed E-state index contributed by atoms with van der Waals surface area (Å²) < 4.78 is 0. The molecule has 3 aliphatic rings. The van der Waals surface area contributed by atoms with Crippen LogP contribution in [-0.4, -0.2) is 61.5 Å². The molecule has 0 aromatic heterocycles. The Hall–Kier alpha value is -0.610. The molecule has 0 spiro atoms. The van der Waals surface area contributed by atoms with E-state index in [1.165, 1.54) is 25.7 Å². The Morgan fingerprint density at radius 1 is 1.06 bits per heavy atom. The first-order chi connectivity index (χ1) is 8.83. The zero-order chi connectivity index (χ0) is 12.4. The number of rotatable bonds is 2. The van der Waals surface area contributed by atoms with Gasteiger partial charge in [0.25, 0.3) is 0 Å². The van der Waals surface area contributed by atoms with Crippen molar-refractivity contribution in [2.24, 2.45) is 11.8 Å². The van der Waals surface area contributed by atoms with E-state index in [4.69, 9.17) is 0 Å². The van der Waals surface area contributed by atoms with Gasteiger partial charge in [-0.05, 0) is 44.2 Å². The van der Waals surface area contributed by atoms with Gasteiger partial charge < -0.3 is 10.2 Å². The maximum atomic E-state index is 12.3. The molecule has 1 amide bonds. The van der Waals surface area contributed by atoms with Gasteiger partial charge in [-0.2, -0.15) is 0 Å².